The van der Waals surface area contributed by atoms with Gasteiger partial charge in [0.2, 0.25) is 0 Å². The summed E-state index contributed by atoms with van der Waals surface area (Å²) in [6.07, 6.45) is 0. The van der Waals surface area contributed by atoms with Crippen LogP contribution >= 0.6 is 19.8 Å². The number of halogens is 1. The van der Waals surface area contributed by atoms with E-state index >= 15 is 0 Å². The van der Waals surface area contributed by atoms with Crippen molar-refractivity contribution in [3.63, 3.8) is 0 Å². The molecule has 0 fully saturated rings. The number of nitrogens with zero attached hydrogens (tertiary/aromatic N) is 7. The minimum Gasteiger partial charge on any atom is -0.0615 e. The standard InChI is InChI=1S/C60H38IN7/c1-5-20-39(21-6-1)55-62-56(40-22-7-2-8-23-40)66-60(65-55)48-38-42(36-37-53(48)68-51-34-17-14-28-44(51)45-29-15-18-35-52(45)68)58-63-57(41-24-9-3-10-25-41)64-59(67-58)47-31-19-33-50-54(47)46-30-13-16-32-49(46)61(50)43-26-11-4-12-27-43/h1-38H. The van der Waals surface area contributed by atoms with Crippen LogP contribution in [-0.4, -0.2) is 34.5 Å². The van der Waals surface area contributed by atoms with Crippen LogP contribution in [-0.2, 0) is 0 Å². The molecule has 1 aliphatic rings. The van der Waals surface area contributed by atoms with Crippen molar-refractivity contribution < 1.29 is 0 Å². The molecule has 0 saturated carbocycles. The fraction of sp³-hybridized carbons (Fsp3) is 0. The van der Waals surface area contributed by atoms with Crippen LogP contribution in [0.3, 0.4) is 0 Å². The fourth-order valence-corrected chi connectivity index (χ4v) is 15.7. The number of hydrogen-bond donors (Lipinski definition) is 0. The van der Waals surface area contributed by atoms with E-state index in [1.54, 1.807) is 0 Å². The molecule has 1 aliphatic heterocycles. The van der Waals surface area contributed by atoms with Gasteiger partial charge in [0.05, 0.1) is 0 Å². The van der Waals surface area contributed by atoms with Gasteiger partial charge in [-0.15, -0.1) is 0 Å². The molecule has 8 heteroatoms. The monoisotopic (exact) mass is 983 g/mol. The van der Waals surface area contributed by atoms with Gasteiger partial charge < -0.3 is 0 Å². The van der Waals surface area contributed by atoms with Crippen LogP contribution < -0.4 is 0 Å². The Balaban J connectivity index is 1.07. The largest absolute Gasteiger partial charge is 0.0615 e. The summed E-state index contributed by atoms with van der Waals surface area (Å²) in [5, 5.41) is 2.32. The van der Waals surface area contributed by atoms with Crippen LogP contribution in [0, 0.1) is 10.7 Å². The molecule has 0 saturated heterocycles. The van der Waals surface area contributed by atoms with E-state index in [-0.39, 0.29) is 0 Å². The number of benzene rings is 9. The van der Waals surface area contributed by atoms with E-state index in [9.17, 15) is 0 Å². The van der Waals surface area contributed by atoms with E-state index in [1.807, 2.05) is 78.9 Å². The summed E-state index contributed by atoms with van der Waals surface area (Å²) in [6, 6.07) is 80.5. The summed E-state index contributed by atoms with van der Waals surface area (Å²) in [4.78, 5) is 31.7. The first-order chi connectivity index (χ1) is 33.7. The van der Waals surface area contributed by atoms with Crippen LogP contribution in [0.4, 0.5) is 0 Å². The molecule has 0 N–H and O–H groups in total. The second-order valence-electron chi connectivity index (χ2n) is 16.5. The number of rotatable bonds is 8. The number of fused-ring (bicyclic) bond motifs is 6. The van der Waals surface area contributed by atoms with Crippen molar-refractivity contribution in [2.45, 2.75) is 0 Å². The fourth-order valence-electron chi connectivity index (χ4n) is 9.36. The second-order valence-corrected chi connectivity index (χ2v) is 21.7. The van der Waals surface area contributed by atoms with Crippen molar-refractivity contribution in [2.75, 3.05) is 0 Å². The van der Waals surface area contributed by atoms with Crippen molar-refractivity contribution in [3.05, 3.63) is 241 Å². The van der Waals surface area contributed by atoms with E-state index in [4.69, 9.17) is 29.9 Å². The van der Waals surface area contributed by atoms with Crippen molar-refractivity contribution in [2.24, 2.45) is 0 Å². The van der Waals surface area contributed by atoms with Crippen LogP contribution in [0.1, 0.15) is 0 Å². The minimum atomic E-state index is -2.02. The normalized spacial score (nSPS) is 12.3. The number of aromatic nitrogens is 7. The summed E-state index contributed by atoms with van der Waals surface area (Å²) in [7, 11) is 0. The van der Waals surface area contributed by atoms with Crippen LogP contribution in [0.5, 0.6) is 0 Å². The maximum Gasteiger partial charge on any atom is -0.0512 e. The third-order valence-corrected chi connectivity index (χ3v) is 18.6. The van der Waals surface area contributed by atoms with Crippen molar-refractivity contribution in [3.8, 4) is 85.1 Å². The van der Waals surface area contributed by atoms with Crippen molar-refractivity contribution in [1.82, 2.24) is 34.5 Å². The average Bonchev–Trinajstić information content (AvgIpc) is 3.94. The Hall–Kier alpha value is -8.47. The maximum atomic E-state index is 5.44. The summed E-state index contributed by atoms with van der Waals surface area (Å²) in [5.41, 5.74) is 10.8. The zero-order chi connectivity index (χ0) is 45.0. The van der Waals surface area contributed by atoms with Crippen molar-refractivity contribution >= 4 is 41.6 Å². The molecule has 320 valence electrons. The van der Waals surface area contributed by atoms with Crippen LogP contribution in [0.15, 0.2) is 231 Å². The first-order valence-corrected chi connectivity index (χ1v) is 25.8. The van der Waals surface area contributed by atoms with E-state index in [2.05, 4.69) is 156 Å². The van der Waals surface area contributed by atoms with Gasteiger partial charge >= 0.3 is 266 Å². The first kappa shape index (κ1) is 39.9. The Morgan fingerprint density at radius 3 is 1.29 bits per heavy atom. The first-order valence-electron chi connectivity index (χ1n) is 22.5. The van der Waals surface area contributed by atoms with E-state index < -0.39 is 19.8 Å². The van der Waals surface area contributed by atoms with Gasteiger partial charge in [0, 0.05) is 21.9 Å². The molecule has 68 heavy (non-hydrogen) atoms. The van der Waals surface area contributed by atoms with Crippen LogP contribution in [0.2, 0.25) is 0 Å². The Morgan fingerprint density at radius 1 is 0.294 bits per heavy atom. The smallest absolute Gasteiger partial charge is 0.0512 e. The van der Waals surface area contributed by atoms with Gasteiger partial charge in [0.15, 0.2) is 0 Å². The van der Waals surface area contributed by atoms with Gasteiger partial charge in [0.25, 0.3) is 0 Å². The summed E-state index contributed by atoms with van der Waals surface area (Å²) < 4.78 is 6.54. The van der Waals surface area contributed by atoms with Crippen molar-refractivity contribution in [1.29, 1.82) is 0 Å². The van der Waals surface area contributed by atoms with Gasteiger partial charge in [-0.25, -0.2) is 4.98 Å². The quantitative estimate of drug-likeness (QED) is 0.141. The summed E-state index contributed by atoms with van der Waals surface area (Å²) in [6.45, 7) is 0. The van der Waals surface area contributed by atoms with E-state index in [0.29, 0.717) is 34.9 Å². The van der Waals surface area contributed by atoms with Crippen LogP contribution in [0.25, 0.3) is 107 Å². The number of hydrogen-bond acceptors (Lipinski definition) is 6. The molecule has 7 nitrogen and oxygen atoms in total. The summed E-state index contributed by atoms with van der Waals surface area (Å²) >= 11 is -2.02. The Labute approximate surface area is 400 Å². The zero-order valence-corrected chi connectivity index (χ0v) is 38.6. The van der Waals surface area contributed by atoms with E-state index in [1.165, 1.54) is 21.8 Å². The topological polar surface area (TPSA) is 82.3 Å². The summed E-state index contributed by atoms with van der Waals surface area (Å²) in [5.74, 6) is 3.46. The molecule has 13 rings (SSSR count). The zero-order valence-electron chi connectivity index (χ0n) is 36.4. The molecule has 9 aromatic carbocycles. The number of para-hydroxylation sites is 2. The van der Waals surface area contributed by atoms with Gasteiger partial charge in [-0.05, 0) is 12.1 Å². The molecule has 4 heterocycles. The third-order valence-electron chi connectivity index (χ3n) is 12.4. The van der Waals surface area contributed by atoms with Gasteiger partial charge in [-0.3, -0.25) is 0 Å². The Kier molecular flexibility index (Phi) is 9.82. The maximum absolute atomic E-state index is 5.44. The molecule has 0 radical (unpaired) electrons. The van der Waals surface area contributed by atoms with E-state index in [0.717, 1.165) is 60.9 Å². The molecule has 3 aromatic heterocycles. The molecule has 0 unspecified atom stereocenters. The Morgan fingerprint density at radius 2 is 0.721 bits per heavy atom. The molecule has 0 amide bonds. The molecule has 12 aromatic rings. The molecule has 0 spiro atoms. The molecule has 0 bridgehead atoms. The van der Waals surface area contributed by atoms with Gasteiger partial charge in [0.1, 0.15) is 0 Å². The second kappa shape index (κ2) is 16.8. The Bertz CT molecular complexity index is 3750. The molecular weight excluding hydrogens is 946 g/mol. The SMILES string of the molecule is c1ccc(-c2nc(-c3ccccc3)nc(-c3cc(-c4nc(-c5ccccc5)nc(-c5cccc6c5-c5ccccc5I6c5ccccc5)n4)ccc3-n3c4ccccc4c4ccccc43)n2)cc1. The predicted octanol–water partition coefficient (Wildman–Crippen LogP) is 14.6. The molecule has 0 aliphatic carbocycles. The average molecular weight is 984 g/mol. The predicted molar refractivity (Wildman–Crippen MR) is 282 cm³/mol. The molecular formula is C60H38IN7. The van der Waals surface area contributed by atoms with Gasteiger partial charge in [-0.2, -0.15) is 0 Å². The molecule has 0 atom stereocenters. The third kappa shape index (κ3) is 6.87. The van der Waals surface area contributed by atoms with Gasteiger partial charge in [-0.1, -0.05) is 97.1 Å². The minimum absolute atomic E-state index is 0.531.